The predicted molar refractivity (Wildman–Crippen MR) is 35.6 cm³/mol. The molecule has 1 radical (unpaired) electrons. The minimum Gasteiger partial charge on any atom is -0.232 e. The van der Waals surface area contributed by atoms with E-state index in [0.717, 1.165) is 11.1 Å². The highest BCUT2D eigenvalue weighted by molar-refractivity contribution is 5.24. The average molecular weight is 121 g/mol. The minimum absolute atomic E-state index is 0.104. The Morgan fingerprint density at radius 2 is 2.00 bits per heavy atom. The fraction of sp³-hybridized carbons (Fsp3) is 0.250. The monoisotopic (exact) mass is 121 g/mol. The van der Waals surface area contributed by atoms with Crippen molar-refractivity contribution in [2.45, 2.75) is 13.5 Å². The van der Waals surface area contributed by atoms with Gasteiger partial charge in [-0.3, -0.25) is 0 Å². The quantitative estimate of drug-likeness (QED) is 0.541. The van der Waals surface area contributed by atoms with Crippen molar-refractivity contribution in [3.8, 4) is 0 Å². The van der Waals surface area contributed by atoms with Gasteiger partial charge in [0, 0.05) is 0 Å². The average Bonchev–Trinajstić information content (AvgIpc) is 1.89. The van der Waals surface area contributed by atoms with Gasteiger partial charge < -0.3 is 0 Å². The third kappa shape index (κ3) is 1.30. The Morgan fingerprint density at radius 1 is 1.33 bits per heavy atom. The Morgan fingerprint density at radius 3 is 2.44 bits per heavy atom. The fourth-order valence-electron chi connectivity index (χ4n) is 0.772. The van der Waals surface area contributed by atoms with Gasteiger partial charge in [-0.2, -0.15) is 0 Å². The number of hydrogen-bond donors (Lipinski definition) is 0. The van der Waals surface area contributed by atoms with E-state index in [2.05, 4.69) is 0 Å². The summed E-state index contributed by atoms with van der Waals surface area (Å²) < 4.78 is 0. The molecule has 0 aliphatic rings. The third-order valence-electron chi connectivity index (χ3n) is 1.42. The minimum atomic E-state index is -0.104. The van der Waals surface area contributed by atoms with Crippen LogP contribution < -0.4 is 0 Å². The first-order chi connectivity index (χ1) is 4.34. The summed E-state index contributed by atoms with van der Waals surface area (Å²) >= 11 is 0. The summed E-state index contributed by atoms with van der Waals surface area (Å²) in [6.07, 6.45) is 0. The molecule has 0 spiro atoms. The van der Waals surface area contributed by atoms with E-state index in [0.29, 0.717) is 0 Å². The Hall–Kier alpha value is -0.820. The van der Waals surface area contributed by atoms with Crippen molar-refractivity contribution >= 4 is 0 Å². The van der Waals surface area contributed by atoms with Gasteiger partial charge >= 0.3 is 0 Å². The molecule has 0 bridgehead atoms. The molecule has 1 nitrogen and oxygen atoms in total. The lowest BCUT2D eigenvalue weighted by molar-refractivity contribution is 0.177. The lowest BCUT2D eigenvalue weighted by Crippen LogP contribution is -1.84. The first kappa shape index (κ1) is 6.30. The van der Waals surface area contributed by atoms with Gasteiger partial charge in [0.25, 0.3) is 0 Å². The van der Waals surface area contributed by atoms with Crippen molar-refractivity contribution in [1.29, 1.82) is 0 Å². The topological polar surface area (TPSA) is 19.9 Å². The van der Waals surface area contributed by atoms with Crippen LogP contribution >= 0.6 is 0 Å². The lowest BCUT2D eigenvalue weighted by Gasteiger charge is -1.96. The molecule has 0 unspecified atom stereocenters. The molecule has 0 aliphatic heterocycles. The maximum absolute atomic E-state index is 10.4. The standard InChI is InChI=1S/C8H9O/c1-7-4-2-3-5-8(7)6-9/h2-5H,6H2,1H3. The van der Waals surface area contributed by atoms with Gasteiger partial charge in [0.05, 0.1) is 0 Å². The molecule has 1 aromatic rings. The zero-order chi connectivity index (χ0) is 6.69. The molecule has 0 aliphatic carbocycles. The van der Waals surface area contributed by atoms with E-state index in [1.54, 1.807) is 0 Å². The second-order valence-electron chi connectivity index (χ2n) is 2.07. The van der Waals surface area contributed by atoms with E-state index in [-0.39, 0.29) is 6.61 Å². The number of benzene rings is 1. The van der Waals surface area contributed by atoms with Crippen LogP contribution in [0.3, 0.4) is 0 Å². The van der Waals surface area contributed by atoms with Gasteiger partial charge in [-0.15, -0.1) is 0 Å². The molecule has 1 heteroatoms. The van der Waals surface area contributed by atoms with Crippen LogP contribution in [-0.2, 0) is 11.7 Å². The van der Waals surface area contributed by atoms with E-state index < -0.39 is 0 Å². The molecule has 9 heavy (non-hydrogen) atoms. The maximum atomic E-state index is 10.4. The van der Waals surface area contributed by atoms with E-state index in [9.17, 15) is 5.11 Å². The van der Waals surface area contributed by atoms with Gasteiger partial charge in [0.1, 0.15) is 6.61 Å². The van der Waals surface area contributed by atoms with Crippen molar-refractivity contribution in [1.82, 2.24) is 0 Å². The van der Waals surface area contributed by atoms with E-state index in [4.69, 9.17) is 0 Å². The third-order valence-corrected chi connectivity index (χ3v) is 1.42. The van der Waals surface area contributed by atoms with Crippen LogP contribution in [0.25, 0.3) is 0 Å². The van der Waals surface area contributed by atoms with Crippen LogP contribution in [0.15, 0.2) is 24.3 Å². The highest BCUT2D eigenvalue weighted by Crippen LogP contribution is 2.05. The van der Waals surface area contributed by atoms with Crippen LogP contribution in [-0.4, -0.2) is 0 Å². The zero-order valence-electron chi connectivity index (χ0n) is 5.42. The summed E-state index contributed by atoms with van der Waals surface area (Å²) in [5.41, 5.74) is 1.99. The van der Waals surface area contributed by atoms with Gasteiger partial charge in [-0.1, -0.05) is 24.3 Å². The van der Waals surface area contributed by atoms with Gasteiger partial charge in [-0.05, 0) is 18.1 Å². The molecule has 0 saturated carbocycles. The van der Waals surface area contributed by atoms with E-state index in [1.165, 1.54) is 0 Å². The zero-order valence-corrected chi connectivity index (χ0v) is 5.42. The molecule has 0 atom stereocenters. The molecule has 0 fully saturated rings. The Bertz CT molecular complexity index is 194. The molecule has 0 aromatic heterocycles. The van der Waals surface area contributed by atoms with Crippen LogP contribution in [0, 0.1) is 6.92 Å². The highest BCUT2D eigenvalue weighted by Gasteiger charge is 1.91. The second-order valence-corrected chi connectivity index (χ2v) is 2.07. The van der Waals surface area contributed by atoms with E-state index in [1.807, 2.05) is 31.2 Å². The van der Waals surface area contributed by atoms with Crippen molar-refractivity contribution < 1.29 is 5.11 Å². The maximum Gasteiger partial charge on any atom is 0.108 e. The normalized spacial score (nSPS) is 9.56. The molecule has 1 rings (SSSR count). The summed E-state index contributed by atoms with van der Waals surface area (Å²) in [5, 5.41) is 10.4. The number of hydrogen-bond acceptors (Lipinski definition) is 0. The largest absolute Gasteiger partial charge is 0.232 e. The van der Waals surface area contributed by atoms with Crippen molar-refractivity contribution in [3.63, 3.8) is 0 Å². The predicted octanol–water partition coefficient (Wildman–Crippen LogP) is 1.93. The fourth-order valence-corrected chi connectivity index (χ4v) is 0.772. The molecule has 0 amide bonds. The van der Waals surface area contributed by atoms with Gasteiger partial charge in [0.15, 0.2) is 0 Å². The second kappa shape index (κ2) is 2.65. The first-order valence-electron chi connectivity index (χ1n) is 2.97. The summed E-state index contributed by atoms with van der Waals surface area (Å²) in [4.78, 5) is 0. The molecule has 47 valence electrons. The smallest absolute Gasteiger partial charge is 0.108 e. The molecular formula is C8H9O. The Labute approximate surface area is 55.0 Å². The number of aryl methyl sites for hydroxylation is 1. The molecular weight excluding hydrogens is 112 g/mol. The molecule has 0 heterocycles. The Kier molecular flexibility index (Phi) is 1.85. The molecule has 0 saturated heterocycles. The van der Waals surface area contributed by atoms with Crippen LogP contribution in [0.2, 0.25) is 0 Å². The van der Waals surface area contributed by atoms with Crippen LogP contribution in [0.4, 0.5) is 0 Å². The lowest BCUT2D eigenvalue weighted by atomic mass is 10.1. The summed E-state index contributed by atoms with van der Waals surface area (Å²) in [5.74, 6) is 0. The first-order valence-corrected chi connectivity index (χ1v) is 2.97. The summed E-state index contributed by atoms with van der Waals surface area (Å²) in [7, 11) is 0. The highest BCUT2D eigenvalue weighted by atomic mass is 16.3. The van der Waals surface area contributed by atoms with Crippen LogP contribution in [0.5, 0.6) is 0 Å². The van der Waals surface area contributed by atoms with Crippen molar-refractivity contribution in [2.24, 2.45) is 0 Å². The molecule has 1 aromatic carbocycles. The van der Waals surface area contributed by atoms with Gasteiger partial charge in [-0.25, -0.2) is 5.11 Å². The SMILES string of the molecule is Cc1ccccc1C[O]. The van der Waals surface area contributed by atoms with E-state index >= 15 is 0 Å². The summed E-state index contributed by atoms with van der Waals surface area (Å²) in [6.45, 7) is 1.85. The van der Waals surface area contributed by atoms with Crippen molar-refractivity contribution in [3.05, 3.63) is 35.4 Å². The molecule has 0 N–H and O–H groups in total. The van der Waals surface area contributed by atoms with Gasteiger partial charge in [0.2, 0.25) is 0 Å². The summed E-state index contributed by atoms with van der Waals surface area (Å²) in [6, 6.07) is 7.64. The number of rotatable bonds is 1. The Balaban J connectivity index is 3.01. The van der Waals surface area contributed by atoms with Crippen molar-refractivity contribution in [2.75, 3.05) is 0 Å². The van der Waals surface area contributed by atoms with Crippen LogP contribution in [0.1, 0.15) is 11.1 Å².